The Hall–Kier alpha value is -2.38. The maximum absolute atomic E-state index is 12.6. The van der Waals surface area contributed by atoms with Gasteiger partial charge in [-0.05, 0) is 29.8 Å². The molecule has 0 spiro atoms. The second-order valence-corrected chi connectivity index (χ2v) is 7.48. The zero-order chi connectivity index (χ0) is 17.3. The topological polar surface area (TPSA) is 83.6 Å². The zero-order valence-corrected chi connectivity index (χ0v) is 13.9. The number of imide groups is 1. The average molecular weight is 365 g/mol. The average Bonchev–Trinajstić information content (AvgIpc) is 2.83. The van der Waals surface area contributed by atoms with Gasteiger partial charge in [-0.2, -0.15) is 0 Å². The van der Waals surface area contributed by atoms with Gasteiger partial charge in [0, 0.05) is 11.4 Å². The molecule has 2 aromatic rings. The molecule has 1 N–H and O–H groups in total. The molecule has 2 aromatic carbocycles. The first kappa shape index (κ1) is 16.5. The van der Waals surface area contributed by atoms with Crippen molar-refractivity contribution in [3.63, 3.8) is 0 Å². The SMILES string of the molecule is O=C1N[C@@H](Cc2ccccc2)C(=O)N1S(=O)(=O)c1ccc(Cl)cc1. The number of rotatable bonds is 4. The molecule has 1 heterocycles. The van der Waals surface area contributed by atoms with Gasteiger partial charge >= 0.3 is 6.03 Å². The summed E-state index contributed by atoms with van der Waals surface area (Å²) in [6, 6.07) is 12.4. The summed E-state index contributed by atoms with van der Waals surface area (Å²) in [7, 11) is -4.27. The Morgan fingerprint density at radius 1 is 1.00 bits per heavy atom. The van der Waals surface area contributed by atoms with Crippen LogP contribution in [0.2, 0.25) is 5.02 Å². The van der Waals surface area contributed by atoms with E-state index in [9.17, 15) is 18.0 Å². The van der Waals surface area contributed by atoms with E-state index in [2.05, 4.69) is 5.32 Å². The van der Waals surface area contributed by atoms with Crippen LogP contribution in [0.25, 0.3) is 0 Å². The maximum Gasteiger partial charge on any atom is 0.339 e. The molecular weight excluding hydrogens is 352 g/mol. The second kappa shape index (κ2) is 6.26. The zero-order valence-electron chi connectivity index (χ0n) is 12.3. The van der Waals surface area contributed by atoms with Crippen molar-refractivity contribution >= 4 is 33.6 Å². The van der Waals surface area contributed by atoms with Gasteiger partial charge in [-0.25, -0.2) is 13.2 Å². The van der Waals surface area contributed by atoms with Crippen LogP contribution in [0.1, 0.15) is 5.56 Å². The van der Waals surface area contributed by atoms with E-state index in [4.69, 9.17) is 11.6 Å². The monoisotopic (exact) mass is 364 g/mol. The quantitative estimate of drug-likeness (QED) is 0.843. The van der Waals surface area contributed by atoms with Crippen LogP contribution in [0, 0.1) is 0 Å². The van der Waals surface area contributed by atoms with E-state index in [1.165, 1.54) is 24.3 Å². The van der Waals surface area contributed by atoms with E-state index in [1.807, 2.05) is 6.07 Å². The first-order chi connectivity index (χ1) is 11.4. The van der Waals surface area contributed by atoms with E-state index < -0.39 is 28.0 Å². The molecule has 1 aliphatic rings. The number of benzene rings is 2. The normalized spacial score (nSPS) is 17.9. The first-order valence-electron chi connectivity index (χ1n) is 7.09. The molecule has 0 unspecified atom stereocenters. The van der Waals surface area contributed by atoms with Gasteiger partial charge < -0.3 is 5.32 Å². The first-order valence-corrected chi connectivity index (χ1v) is 8.90. The van der Waals surface area contributed by atoms with Gasteiger partial charge in [0.25, 0.3) is 15.9 Å². The lowest BCUT2D eigenvalue weighted by atomic mass is 10.1. The number of amides is 3. The van der Waals surface area contributed by atoms with Gasteiger partial charge in [-0.1, -0.05) is 41.9 Å². The number of halogens is 1. The van der Waals surface area contributed by atoms with E-state index >= 15 is 0 Å². The molecule has 124 valence electrons. The number of nitrogens with one attached hydrogen (secondary N) is 1. The van der Waals surface area contributed by atoms with Gasteiger partial charge in [-0.3, -0.25) is 4.79 Å². The van der Waals surface area contributed by atoms with Crippen molar-refractivity contribution in [2.45, 2.75) is 17.4 Å². The molecule has 0 bridgehead atoms. The minimum Gasteiger partial charge on any atom is -0.325 e. The summed E-state index contributed by atoms with van der Waals surface area (Å²) in [6.07, 6.45) is 0.220. The van der Waals surface area contributed by atoms with Crippen molar-refractivity contribution in [2.24, 2.45) is 0 Å². The van der Waals surface area contributed by atoms with Crippen molar-refractivity contribution in [3.05, 3.63) is 65.2 Å². The fraction of sp³-hybridized carbons (Fsp3) is 0.125. The van der Waals surface area contributed by atoms with E-state index in [-0.39, 0.29) is 15.6 Å². The highest BCUT2D eigenvalue weighted by atomic mass is 35.5. The van der Waals surface area contributed by atoms with Gasteiger partial charge in [0.15, 0.2) is 0 Å². The molecule has 0 saturated carbocycles. The van der Waals surface area contributed by atoms with Gasteiger partial charge in [-0.15, -0.1) is 4.31 Å². The molecule has 6 nitrogen and oxygen atoms in total. The minimum absolute atomic E-state index is 0.171. The molecule has 3 rings (SSSR count). The van der Waals surface area contributed by atoms with Gasteiger partial charge in [0.05, 0.1) is 4.90 Å². The van der Waals surface area contributed by atoms with Crippen LogP contribution in [-0.2, 0) is 21.2 Å². The van der Waals surface area contributed by atoms with Crippen LogP contribution in [0.5, 0.6) is 0 Å². The summed E-state index contributed by atoms with van der Waals surface area (Å²) in [5.74, 6) is -0.793. The Morgan fingerprint density at radius 3 is 2.25 bits per heavy atom. The van der Waals surface area contributed by atoms with Crippen molar-refractivity contribution in [1.82, 2.24) is 9.62 Å². The molecule has 24 heavy (non-hydrogen) atoms. The number of hydrogen-bond donors (Lipinski definition) is 1. The molecule has 3 amide bonds. The van der Waals surface area contributed by atoms with Crippen LogP contribution in [-0.4, -0.2) is 30.7 Å². The van der Waals surface area contributed by atoms with Crippen LogP contribution in [0.3, 0.4) is 0 Å². The van der Waals surface area contributed by atoms with E-state index in [0.717, 1.165) is 5.56 Å². The molecular formula is C16H13ClN2O4S. The van der Waals surface area contributed by atoms with Crippen LogP contribution in [0.4, 0.5) is 4.79 Å². The summed E-state index contributed by atoms with van der Waals surface area (Å²) in [4.78, 5) is 24.3. The Morgan fingerprint density at radius 2 is 1.62 bits per heavy atom. The fourth-order valence-corrected chi connectivity index (χ4v) is 3.89. The molecule has 1 atom stereocenters. The van der Waals surface area contributed by atoms with Crippen molar-refractivity contribution in [1.29, 1.82) is 0 Å². The highest BCUT2D eigenvalue weighted by Crippen LogP contribution is 2.23. The Labute approximate surface area is 144 Å². The number of carbonyl (C=O) groups is 2. The minimum atomic E-state index is -4.27. The lowest BCUT2D eigenvalue weighted by molar-refractivity contribution is -0.124. The molecule has 1 aliphatic heterocycles. The highest BCUT2D eigenvalue weighted by Gasteiger charge is 2.45. The lowest BCUT2D eigenvalue weighted by Crippen LogP contribution is -2.37. The van der Waals surface area contributed by atoms with E-state index in [1.54, 1.807) is 24.3 Å². The largest absolute Gasteiger partial charge is 0.339 e. The van der Waals surface area contributed by atoms with E-state index in [0.29, 0.717) is 5.02 Å². The van der Waals surface area contributed by atoms with Crippen molar-refractivity contribution in [2.75, 3.05) is 0 Å². The summed E-state index contributed by atoms with van der Waals surface area (Å²) in [5, 5.41) is 2.78. The number of sulfonamides is 1. The maximum atomic E-state index is 12.6. The smallest absolute Gasteiger partial charge is 0.325 e. The predicted molar refractivity (Wildman–Crippen MR) is 87.9 cm³/mol. The fourth-order valence-electron chi connectivity index (χ4n) is 2.44. The number of hydrogen-bond acceptors (Lipinski definition) is 4. The van der Waals surface area contributed by atoms with Crippen LogP contribution >= 0.6 is 11.6 Å². The Bertz CT molecular complexity index is 882. The summed E-state index contributed by atoms with van der Waals surface area (Å²) in [5.41, 5.74) is 0.821. The lowest BCUT2D eigenvalue weighted by Gasteiger charge is -2.13. The third-order valence-electron chi connectivity index (χ3n) is 3.61. The molecule has 1 saturated heterocycles. The third kappa shape index (κ3) is 3.00. The summed E-state index contributed by atoms with van der Waals surface area (Å²) in [6.45, 7) is 0. The molecule has 0 aromatic heterocycles. The van der Waals surface area contributed by atoms with Crippen LogP contribution in [0.15, 0.2) is 59.5 Å². The van der Waals surface area contributed by atoms with Gasteiger partial charge in [0.2, 0.25) is 0 Å². The molecule has 0 radical (unpaired) electrons. The highest BCUT2D eigenvalue weighted by molar-refractivity contribution is 7.90. The predicted octanol–water partition coefficient (Wildman–Crippen LogP) is 2.19. The Kier molecular flexibility index (Phi) is 4.29. The molecule has 8 heteroatoms. The molecule has 1 fully saturated rings. The third-order valence-corrected chi connectivity index (χ3v) is 5.56. The number of nitrogens with zero attached hydrogens (tertiary/aromatic N) is 1. The molecule has 0 aliphatic carbocycles. The summed E-state index contributed by atoms with van der Waals surface area (Å²) < 4.78 is 25.4. The van der Waals surface area contributed by atoms with Crippen molar-refractivity contribution < 1.29 is 18.0 Å². The van der Waals surface area contributed by atoms with Gasteiger partial charge in [0.1, 0.15) is 6.04 Å². The standard InChI is InChI=1S/C16H13ClN2O4S/c17-12-6-8-13(9-7-12)24(22,23)19-15(20)14(18-16(19)21)10-11-4-2-1-3-5-11/h1-9,14H,10H2,(H,18,21)/t14-/m0/s1. The Balaban J connectivity index is 1.87. The summed E-state index contributed by atoms with van der Waals surface area (Å²) >= 11 is 5.74. The number of carbonyl (C=O) groups excluding carboxylic acids is 2. The van der Waals surface area contributed by atoms with Crippen LogP contribution < -0.4 is 5.32 Å². The second-order valence-electron chi connectivity index (χ2n) is 5.25. The number of urea groups is 1. The van der Waals surface area contributed by atoms with Crippen molar-refractivity contribution in [3.8, 4) is 0 Å².